The molecule has 146 valence electrons. The smallest absolute Gasteiger partial charge is 0.311 e. The molecule has 0 unspecified atom stereocenters. The minimum absolute atomic E-state index is 0.180. The Morgan fingerprint density at radius 2 is 2.03 bits per heavy atom. The Morgan fingerprint density at radius 3 is 2.76 bits per heavy atom. The molecular formula is C18H16N8O3. The van der Waals surface area contributed by atoms with Crippen LogP contribution in [0.3, 0.4) is 0 Å². The van der Waals surface area contributed by atoms with Crippen LogP contribution in [0.15, 0.2) is 41.2 Å². The Labute approximate surface area is 164 Å². The number of hydrogen-bond acceptors (Lipinski definition) is 9. The van der Waals surface area contributed by atoms with Gasteiger partial charge in [0.15, 0.2) is 23.8 Å². The molecule has 4 aromatic rings. The molecule has 29 heavy (non-hydrogen) atoms. The Hall–Kier alpha value is -4.02. The maximum Gasteiger partial charge on any atom is 0.311 e. The van der Waals surface area contributed by atoms with Crippen LogP contribution in [0.5, 0.6) is 11.8 Å². The van der Waals surface area contributed by atoms with Crippen molar-refractivity contribution in [2.45, 2.75) is 13.5 Å². The normalized spacial score (nSPS) is 12.8. The van der Waals surface area contributed by atoms with Crippen molar-refractivity contribution < 1.29 is 14.0 Å². The summed E-state index contributed by atoms with van der Waals surface area (Å²) < 4.78 is 19.6. The first-order valence-corrected chi connectivity index (χ1v) is 8.93. The summed E-state index contributed by atoms with van der Waals surface area (Å²) in [5.41, 5.74) is 2.82. The van der Waals surface area contributed by atoms with Crippen molar-refractivity contribution in [2.24, 2.45) is 7.05 Å². The van der Waals surface area contributed by atoms with Crippen molar-refractivity contribution in [1.82, 2.24) is 39.7 Å². The van der Waals surface area contributed by atoms with Gasteiger partial charge in [0, 0.05) is 12.6 Å². The van der Waals surface area contributed by atoms with Crippen LogP contribution < -0.4 is 9.47 Å². The van der Waals surface area contributed by atoms with Crippen LogP contribution in [0.4, 0.5) is 0 Å². The molecule has 0 N–H and O–H groups in total. The summed E-state index contributed by atoms with van der Waals surface area (Å²) in [4.78, 5) is 4.18. The van der Waals surface area contributed by atoms with E-state index in [0.717, 1.165) is 11.1 Å². The maximum absolute atomic E-state index is 5.94. The summed E-state index contributed by atoms with van der Waals surface area (Å²) in [6.45, 7) is 2.51. The zero-order valence-corrected chi connectivity index (χ0v) is 15.7. The fourth-order valence-electron chi connectivity index (χ4n) is 2.82. The van der Waals surface area contributed by atoms with Crippen LogP contribution >= 0.6 is 0 Å². The first kappa shape index (κ1) is 17.1. The van der Waals surface area contributed by atoms with Gasteiger partial charge < -0.3 is 14.0 Å². The molecule has 1 aliphatic carbocycles. The monoisotopic (exact) mass is 392 g/mol. The van der Waals surface area contributed by atoms with E-state index in [4.69, 9.17) is 14.0 Å². The summed E-state index contributed by atoms with van der Waals surface area (Å²) >= 11 is 0. The van der Waals surface area contributed by atoms with E-state index in [1.807, 2.05) is 31.2 Å². The molecule has 4 aromatic heterocycles. The highest BCUT2D eigenvalue weighted by atomic mass is 16.6. The summed E-state index contributed by atoms with van der Waals surface area (Å²) in [5.74, 6) is 1.69. The van der Waals surface area contributed by atoms with Gasteiger partial charge in [0.2, 0.25) is 11.7 Å². The van der Waals surface area contributed by atoms with Crippen LogP contribution in [0.25, 0.3) is 22.7 Å². The average molecular weight is 392 g/mol. The van der Waals surface area contributed by atoms with Crippen molar-refractivity contribution in [1.29, 1.82) is 0 Å². The topological polar surface area (TPSA) is 118 Å². The van der Waals surface area contributed by atoms with E-state index >= 15 is 0 Å². The molecule has 0 aromatic carbocycles. The number of nitrogens with zero attached hydrogens (tertiary/aromatic N) is 8. The maximum atomic E-state index is 5.94. The Kier molecular flexibility index (Phi) is 4.04. The molecule has 0 amide bonds. The molecule has 4 heterocycles. The van der Waals surface area contributed by atoms with Crippen LogP contribution in [0.1, 0.15) is 18.3 Å². The molecule has 0 atom stereocenters. The third-order valence-electron chi connectivity index (χ3n) is 4.21. The first-order chi connectivity index (χ1) is 14.2. The van der Waals surface area contributed by atoms with E-state index < -0.39 is 0 Å². The lowest BCUT2D eigenvalue weighted by atomic mass is 10.0. The Balaban J connectivity index is 1.53. The minimum atomic E-state index is 0.180. The van der Waals surface area contributed by atoms with Gasteiger partial charge in [0.1, 0.15) is 6.33 Å². The van der Waals surface area contributed by atoms with E-state index in [9.17, 15) is 0 Å². The number of ether oxygens (including phenoxy) is 2. The molecule has 0 bridgehead atoms. The standard InChI is InChI=1S/C18H16N8O3/c1-3-27-16-8-13(24-29-16)17-21-20-15-7-12(11-5-4-6-11)18(23-26(15)17)28-9-14-19-10-25(2)22-14/h4-8,10H,3,9H2,1-2H3. The SMILES string of the molecule is CCOc1cc(-c2nnc3cc(C4=CC=C4)c(OCc4ncn(C)n4)nn23)no1. The Morgan fingerprint density at radius 1 is 1.14 bits per heavy atom. The molecule has 5 rings (SSSR count). The molecule has 0 radical (unpaired) electrons. The summed E-state index contributed by atoms with van der Waals surface area (Å²) in [6, 6.07) is 3.51. The summed E-state index contributed by atoms with van der Waals surface area (Å²) in [7, 11) is 1.80. The lowest BCUT2D eigenvalue weighted by Gasteiger charge is -2.13. The lowest BCUT2D eigenvalue weighted by molar-refractivity contribution is 0.226. The molecule has 0 saturated heterocycles. The highest BCUT2D eigenvalue weighted by Gasteiger charge is 2.20. The highest BCUT2D eigenvalue weighted by Crippen LogP contribution is 2.31. The minimum Gasteiger partial charge on any atom is -0.468 e. The number of allylic oxidation sites excluding steroid dienone is 4. The molecule has 11 nitrogen and oxygen atoms in total. The van der Waals surface area contributed by atoms with Gasteiger partial charge in [-0.3, -0.25) is 4.68 Å². The highest BCUT2D eigenvalue weighted by molar-refractivity contribution is 5.84. The predicted molar refractivity (Wildman–Crippen MR) is 99.9 cm³/mol. The number of hydrogen-bond donors (Lipinski definition) is 0. The molecule has 0 spiro atoms. The van der Waals surface area contributed by atoms with Gasteiger partial charge >= 0.3 is 5.95 Å². The second kappa shape index (κ2) is 6.86. The van der Waals surface area contributed by atoms with Crippen molar-refractivity contribution in [3.63, 3.8) is 0 Å². The number of fused-ring (bicyclic) bond motifs is 1. The largest absolute Gasteiger partial charge is 0.468 e. The van der Waals surface area contributed by atoms with Gasteiger partial charge in [0.05, 0.1) is 12.7 Å². The number of aromatic nitrogens is 8. The van der Waals surface area contributed by atoms with E-state index in [-0.39, 0.29) is 6.61 Å². The van der Waals surface area contributed by atoms with Crippen molar-refractivity contribution in [3.8, 4) is 23.3 Å². The van der Waals surface area contributed by atoms with E-state index in [1.54, 1.807) is 28.6 Å². The van der Waals surface area contributed by atoms with Crippen molar-refractivity contribution in [2.75, 3.05) is 6.61 Å². The first-order valence-electron chi connectivity index (χ1n) is 8.93. The predicted octanol–water partition coefficient (Wildman–Crippen LogP) is 1.84. The Bertz CT molecular complexity index is 1250. The van der Waals surface area contributed by atoms with E-state index in [1.165, 1.54) is 0 Å². The zero-order valence-electron chi connectivity index (χ0n) is 15.7. The number of aryl methyl sites for hydroxylation is 1. The van der Waals surface area contributed by atoms with Gasteiger partial charge in [-0.25, -0.2) is 4.98 Å². The second-order valence-electron chi connectivity index (χ2n) is 6.23. The average Bonchev–Trinajstić information content (AvgIpc) is 3.38. The van der Waals surface area contributed by atoms with E-state index in [2.05, 4.69) is 30.5 Å². The fourth-order valence-corrected chi connectivity index (χ4v) is 2.82. The van der Waals surface area contributed by atoms with Crippen molar-refractivity contribution in [3.05, 3.63) is 48.1 Å². The third-order valence-corrected chi connectivity index (χ3v) is 4.21. The summed E-state index contributed by atoms with van der Waals surface area (Å²) in [6.07, 6.45) is 7.51. The molecule has 1 aliphatic rings. The zero-order chi connectivity index (χ0) is 19.8. The van der Waals surface area contributed by atoms with Gasteiger partial charge in [-0.1, -0.05) is 23.4 Å². The molecular weight excluding hydrogens is 376 g/mol. The molecule has 0 fully saturated rings. The van der Waals surface area contributed by atoms with Crippen molar-refractivity contribution >= 4 is 11.2 Å². The van der Waals surface area contributed by atoms with E-state index in [0.29, 0.717) is 41.4 Å². The van der Waals surface area contributed by atoms with Gasteiger partial charge in [-0.2, -0.15) is 9.61 Å². The summed E-state index contributed by atoms with van der Waals surface area (Å²) in [5, 5.41) is 21.2. The van der Waals surface area contributed by atoms with Crippen LogP contribution in [-0.4, -0.2) is 46.3 Å². The molecule has 0 aliphatic heterocycles. The van der Waals surface area contributed by atoms with Gasteiger partial charge in [-0.15, -0.1) is 15.3 Å². The quantitative estimate of drug-likeness (QED) is 0.464. The lowest BCUT2D eigenvalue weighted by Crippen LogP contribution is -2.07. The third kappa shape index (κ3) is 3.12. The van der Waals surface area contributed by atoms with Crippen LogP contribution in [-0.2, 0) is 13.7 Å². The van der Waals surface area contributed by atoms with Crippen LogP contribution in [0, 0.1) is 0 Å². The second-order valence-corrected chi connectivity index (χ2v) is 6.23. The van der Waals surface area contributed by atoms with Gasteiger partial charge in [-0.05, 0) is 18.6 Å². The molecule has 0 saturated carbocycles. The molecule has 11 heteroatoms. The fraction of sp³-hybridized carbons (Fsp3) is 0.222. The number of rotatable bonds is 7. The van der Waals surface area contributed by atoms with Gasteiger partial charge in [0.25, 0.3) is 0 Å². The van der Waals surface area contributed by atoms with Crippen LogP contribution in [0.2, 0.25) is 0 Å².